The summed E-state index contributed by atoms with van der Waals surface area (Å²) in [6, 6.07) is 13.4. The molecule has 0 radical (unpaired) electrons. The van der Waals surface area contributed by atoms with Gasteiger partial charge in [0.25, 0.3) is 0 Å². The maximum atomic E-state index is 13.1. The van der Waals surface area contributed by atoms with Crippen LogP contribution in [-0.4, -0.2) is 21.3 Å². The number of nitrogens with one attached hydrogen (secondary N) is 1. The van der Waals surface area contributed by atoms with E-state index >= 15 is 0 Å². The van der Waals surface area contributed by atoms with Crippen molar-refractivity contribution in [2.24, 2.45) is 11.8 Å². The van der Waals surface area contributed by atoms with Gasteiger partial charge in [-0.05, 0) is 55.5 Å². The van der Waals surface area contributed by atoms with Crippen LogP contribution in [0.4, 0.5) is 0 Å². The van der Waals surface area contributed by atoms with Crippen LogP contribution in [0.5, 0.6) is 5.75 Å². The van der Waals surface area contributed by atoms with E-state index in [9.17, 15) is 13.2 Å². The van der Waals surface area contributed by atoms with Gasteiger partial charge < -0.3 is 4.74 Å². The van der Waals surface area contributed by atoms with E-state index in [0.717, 1.165) is 24.0 Å². The average Bonchev–Trinajstić information content (AvgIpc) is 2.67. The third kappa shape index (κ3) is 4.45. The Bertz CT molecular complexity index is 920. The summed E-state index contributed by atoms with van der Waals surface area (Å²) < 4.78 is 34.2. The van der Waals surface area contributed by atoms with Crippen molar-refractivity contribution < 1.29 is 17.9 Å². The zero-order valence-electron chi connectivity index (χ0n) is 16.5. The summed E-state index contributed by atoms with van der Waals surface area (Å²) in [6.07, 6.45) is 2.26. The minimum absolute atomic E-state index is 0.106. The number of carbonyl (C=O) groups excluding carboxylic acids is 1. The highest BCUT2D eigenvalue weighted by molar-refractivity contribution is 7.89. The van der Waals surface area contributed by atoms with Crippen LogP contribution in [0.1, 0.15) is 43.4 Å². The second-order valence-electron chi connectivity index (χ2n) is 7.55. The van der Waals surface area contributed by atoms with Crippen molar-refractivity contribution in [1.82, 2.24) is 4.72 Å². The van der Waals surface area contributed by atoms with Crippen LogP contribution >= 0.6 is 0 Å². The molecule has 1 aliphatic carbocycles. The molecule has 1 aliphatic rings. The molecule has 2 aromatic carbocycles. The predicted molar refractivity (Wildman–Crippen MR) is 109 cm³/mol. The van der Waals surface area contributed by atoms with Crippen molar-refractivity contribution in [3.63, 3.8) is 0 Å². The van der Waals surface area contributed by atoms with Crippen LogP contribution in [-0.2, 0) is 14.8 Å². The number of methoxy groups -OCH3 is 1. The summed E-state index contributed by atoms with van der Waals surface area (Å²) in [5.41, 5.74) is 1.75. The van der Waals surface area contributed by atoms with E-state index in [0.29, 0.717) is 12.2 Å². The van der Waals surface area contributed by atoms with Gasteiger partial charge in [0.05, 0.1) is 18.0 Å². The Balaban J connectivity index is 1.99. The number of ketones is 1. The van der Waals surface area contributed by atoms with Gasteiger partial charge in [0.15, 0.2) is 0 Å². The van der Waals surface area contributed by atoms with Gasteiger partial charge in [-0.15, -0.1) is 0 Å². The van der Waals surface area contributed by atoms with Crippen molar-refractivity contribution in [2.45, 2.75) is 44.0 Å². The van der Waals surface area contributed by atoms with Gasteiger partial charge in [-0.3, -0.25) is 4.79 Å². The Hall–Kier alpha value is -2.18. The first-order valence-corrected chi connectivity index (χ1v) is 11.1. The smallest absolute Gasteiger partial charge is 0.241 e. The first-order chi connectivity index (χ1) is 13.3. The highest BCUT2D eigenvalue weighted by atomic mass is 32.2. The third-order valence-electron chi connectivity index (χ3n) is 5.51. The van der Waals surface area contributed by atoms with E-state index in [-0.39, 0.29) is 22.5 Å². The van der Waals surface area contributed by atoms with Crippen LogP contribution in [0, 0.1) is 18.8 Å². The molecule has 1 fully saturated rings. The van der Waals surface area contributed by atoms with E-state index in [4.69, 9.17) is 4.74 Å². The molecule has 0 spiro atoms. The highest BCUT2D eigenvalue weighted by Gasteiger charge is 2.38. The molecule has 0 bridgehead atoms. The molecule has 1 saturated carbocycles. The largest absolute Gasteiger partial charge is 0.497 e. The van der Waals surface area contributed by atoms with Crippen LogP contribution in [0.25, 0.3) is 0 Å². The van der Waals surface area contributed by atoms with Gasteiger partial charge in [-0.25, -0.2) is 13.1 Å². The van der Waals surface area contributed by atoms with Gasteiger partial charge in [0, 0.05) is 12.3 Å². The molecule has 0 aliphatic heterocycles. The molecule has 1 N–H and O–H groups in total. The maximum Gasteiger partial charge on any atom is 0.241 e. The normalized spacial score (nSPS) is 21.3. The second-order valence-corrected chi connectivity index (χ2v) is 9.26. The SMILES string of the molecule is COc1ccc([C@@H](NS(=O)(=O)c2ccc(C)cc2)[C@@H]2C(=O)CCC[C@H]2C)cc1. The van der Waals surface area contributed by atoms with E-state index in [1.54, 1.807) is 43.5 Å². The Morgan fingerprint density at radius 2 is 1.71 bits per heavy atom. The van der Waals surface area contributed by atoms with Crippen molar-refractivity contribution in [3.8, 4) is 5.75 Å². The maximum absolute atomic E-state index is 13.1. The Labute approximate surface area is 167 Å². The average molecular weight is 402 g/mol. The highest BCUT2D eigenvalue weighted by Crippen LogP contribution is 2.37. The summed E-state index contributed by atoms with van der Waals surface area (Å²) in [7, 11) is -2.19. The Morgan fingerprint density at radius 3 is 2.29 bits per heavy atom. The van der Waals surface area contributed by atoms with Crippen molar-refractivity contribution in [1.29, 1.82) is 0 Å². The first kappa shape index (κ1) is 20.6. The first-order valence-electron chi connectivity index (χ1n) is 9.57. The molecule has 0 heterocycles. The standard InChI is InChI=1S/C22H27NO4S/c1-15-7-13-19(14-8-15)28(25,26)23-22(17-9-11-18(27-3)12-10-17)21-16(2)5-4-6-20(21)24/h7-14,16,21-23H,4-6H2,1-3H3/t16-,21+,22-/m1/s1. The number of sulfonamides is 1. The Kier molecular flexibility index (Phi) is 6.20. The Morgan fingerprint density at radius 1 is 1.07 bits per heavy atom. The lowest BCUT2D eigenvalue weighted by Crippen LogP contribution is -2.41. The molecule has 0 aromatic heterocycles. The molecule has 2 aromatic rings. The van der Waals surface area contributed by atoms with Crippen molar-refractivity contribution in [3.05, 3.63) is 59.7 Å². The van der Waals surface area contributed by atoms with E-state index in [2.05, 4.69) is 4.72 Å². The molecule has 3 atom stereocenters. The van der Waals surface area contributed by atoms with E-state index in [1.807, 2.05) is 26.0 Å². The fourth-order valence-corrected chi connectivity index (χ4v) is 5.14. The van der Waals surface area contributed by atoms with Crippen LogP contribution < -0.4 is 9.46 Å². The van der Waals surface area contributed by atoms with Crippen LogP contribution in [0.2, 0.25) is 0 Å². The number of ether oxygens (including phenoxy) is 1. The summed E-state index contributed by atoms with van der Waals surface area (Å²) >= 11 is 0. The van der Waals surface area contributed by atoms with Gasteiger partial charge in [0.1, 0.15) is 11.5 Å². The molecular formula is C22H27NO4S. The number of benzene rings is 2. The van der Waals surface area contributed by atoms with Crippen molar-refractivity contribution in [2.75, 3.05) is 7.11 Å². The number of aryl methyl sites for hydroxylation is 1. The van der Waals surface area contributed by atoms with Crippen LogP contribution in [0.15, 0.2) is 53.4 Å². The van der Waals surface area contributed by atoms with Gasteiger partial charge >= 0.3 is 0 Å². The topological polar surface area (TPSA) is 72.5 Å². The molecule has 6 heteroatoms. The van der Waals surface area contributed by atoms with E-state index < -0.39 is 16.1 Å². The van der Waals surface area contributed by atoms with Gasteiger partial charge in [-0.1, -0.05) is 36.8 Å². The van der Waals surface area contributed by atoms with E-state index in [1.165, 1.54) is 0 Å². The summed E-state index contributed by atoms with van der Waals surface area (Å²) in [6.45, 7) is 3.94. The predicted octanol–water partition coefficient (Wildman–Crippen LogP) is 4.03. The zero-order chi connectivity index (χ0) is 20.3. The number of carbonyl (C=O) groups is 1. The third-order valence-corrected chi connectivity index (χ3v) is 6.97. The molecular weight excluding hydrogens is 374 g/mol. The number of hydrogen-bond donors (Lipinski definition) is 1. The second kappa shape index (κ2) is 8.45. The zero-order valence-corrected chi connectivity index (χ0v) is 17.3. The summed E-state index contributed by atoms with van der Waals surface area (Å²) in [5.74, 6) is 0.523. The molecule has 0 unspecified atom stereocenters. The lowest BCUT2D eigenvalue weighted by molar-refractivity contribution is -0.127. The fraction of sp³-hybridized carbons (Fsp3) is 0.409. The fourth-order valence-electron chi connectivity index (χ4n) is 3.89. The molecule has 28 heavy (non-hydrogen) atoms. The molecule has 5 nitrogen and oxygen atoms in total. The number of Topliss-reactive ketones (excluding diaryl/α,β-unsaturated/α-hetero) is 1. The van der Waals surface area contributed by atoms with Gasteiger partial charge in [0.2, 0.25) is 10.0 Å². The quantitative estimate of drug-likeness (QED) is 0.793. The molecule has 0 saturated heterocycles. The lowest BCUT2D eigenvalue weighted by Gasteiger charge is -2.34. The van der Waals surface area contributed by atoms with Gasteiger partial charge in [-0.2, -0.15) is 0 Å². The minimum atomic E-state index is -3.77. The number of rotatable bonds is 6. The summed E-state index contributed by atoms with van der Waals surface area (Å²) in [4.78, 5) is 13.0. The summed E-state index contributed by atoms with van der Waals surface area (Å²) in [5, 5.41) is 0. The number of hydrogen-bond acceptors (Lipinski definition) is 4. The lowest BCUT2D eigenvalue weighted by atomic mass is 9.74. The van der Waals surface area contributed by atoms with Crippen LogP contribution in [0.3, 0.4) is 0 Å². The molecule has 150 valence electrons. The monoisotopic (exact) mass is 401 g/mol. The minimum Gasteiger partial charge on any atom is -0.497 e. The molecule has 3 rings (SSSR count). The van der Waals surface area contributed by atoms with Crippen molar-refractivity contribution >= 4 is 15.8 Å². The molecule has 0 amide bonds.